The van der Waals surface area contributed by atoms with Crippen molar-refractivity contribution in [2.45, 2.75) is 82.8 Å². The van der Waals surface area contributed by atoms with Gasteiger partial charge in [-0.1, -0.05) is 36.4 Å². The normalized spacial score (nSPS) is 18.1. The number of benzene rings is 4. The van der Waals surface area contributed by atoms with Crippen molar-refractivity contribution in [2.75, 3.05) is 157 Å². The number of hydroxylamine groups is 2. The third-order valence-corrected chi connectivity index (χ3v) is 20.8. The van der Waals surface area contributed by atoms with Crippen molar-refractivity contribution in [3.05, 3.63) is 108 Å². The number of imide groups is 1. The summed E-state index contributed by atoms with van der Waals surface area (Å²) in [5, 5.41) is -0.0193. The predicted molar refractivity (Wildman–Crippen MR) is 358 cm³/mol. The van der Waals surface area contributed by atoms with Gasteiger partial charge in [0.25, 0.3) is 11.8 Å². The lowest BCUT2D eigenvalue weighted by atomic mass is 9.74. The highest BCUT2D eigenvalue weighted by Crippen LogP contribution is 2.54. The van der Waals surface area contributed by atoms with Crippen molar-refractivity contribution in [2.24, 2.45) is 0 Å². The van der Waals surface area contributed by atoms with Gasteiger partial charge in [-0.15, -0.1) is 5.06 Å². The van der Waals surface area contributed by atoms with Gasteiger partial charge < -0.3 is 79.9 Å². The van der Waals surface area contributed by atoms with Crippen LogP contribution in [-0.2, 0) is 128 Å². The number of allylic oxidation sites excluding steroid dienone is 8. The highest BCUT2D eigenvalue weighted by molar-refractivity contribution is 7.87. The zero-order chi connectivity index (χ0) is 74.5. The van der Waals surface area contributed by atoms with Gasteiger partial charge in [0.1, 0.15) is 47.1 Å². The van der Waals surface area contributed by atoms with E-state index in [9.17, 15) is 79.2 Å². The minimum Gasteiger partial charge on any atom is -0.748 e. The number of anilines is 1. The lowest BCUT2D eigenvalue weighted by Crippen LogP contribution is -2.32. The number of methoxy groups -OCH3 is 2. The van der Waals surface area contributed by atoms with E-state index in [1.54, 1.807) is 74.1 Å². The van der Waals surface area contributed by atoms with Gasteiger partial charge in [-0.2, -0.15) is 4.58 Å². The zero-order valence-electron chi connectivity index (χ0n) is 56.5. The average molecular weight is 1530 g/mol. The third-order valence-electron chi connectivity index (χ3n) is 16.7. The van der Waals surface area contributed by atoms with E-state index in [2.05, 4.69) is 0 Å². The molecule has 37 heteroatoms. The number of carbonyl (C=O) groups is 3. The number of ether oxygens (including phenoxy) is 10. The lowest BCUT2D eigenvalue weighted by molar-refractivity contribution is -0.441. The summed E-state index contributed by atoms with van der Waals surface area (Å²) in [5.41, 5.74) is -0.235. The van der Waals surface area contributed by atoms with Gasteiger partial charge in [-0.25, -0.2) is 46.9 Å². The van der Waals surface area contributed by atoms with Crippen LogP contribution in [0.2, 0.25) is 0 Å². The number of hydrogen-bond donors (Lipinski definition) is 0. The fourth-order valence-corrected chi connectivity index (χ4v) is 15.1. The first-order valence-electron chi connectivity index (χ1n) is 32.1. The van der Waals surface area contributed by atoms with Gasteiger partial charge in [-0.05, 0) is 97.3 Å². The second kappa shape index (κ2) is 37.5. The van der Waals surface area contributed by atoms with Crippen LogP contribution < -0.4 is 4.90 Å². The number of carbonyl (C=O) groups excluding carboxylic acids is 3. The van der Waals surface area contributed by atoms with E-state index in [-0.39, 0.29) is 178 Å². The number of hydrogen-bond acceptors (Lipinski definition) is 30. The maximum atomic E-state index is 12.9. The molecule has 3 aliphatic heterocycles. The van der Waals surface area contributed by atoms with Crippen LogP contribution >= 0.6 is 0 Å². The molecule has 0 bridgehead atoms. The molecule has 0 N–H and O–H groups in total. The first-order chi connectivity index (χ1) is 48.3. The van der Waals surface area contributed by atoms with Crippen molar-refractivity contribution in [3.8, 4) is 0 Å². The van der Waals surface area contributed by atoms with Crippen molar-refractivity contribution in [3.63, 3.8) is 0 Å². The van der Waals surface area contributed by atoms with Crippen LogP contribution in [0.3, 0.4) is 0 Å². The Bertz CT molecular complexity index is 4390. The summed E-state index contributed by atoms with van der Waals surface area (Å²) in [4.78, 5) is 38.0. The first kappa shape index (κ1) is 82.9. The van der Waals surface area contributed by atoms with E-state index >= 15 is 0 Å². The summed E-state index contributed by atoms with van der Waals surface area (Å²) < 4.78 is 246. The van der Waals surface area contributed by atoms with Crippen molar-refractivity contribution in [1.29, 1.82) is 0 Å². The van der Waals surface area contributed by atoms with E-state index in [0.717, 1.165) is 12.1 Å². The van der Waals surface area contributed by atoms with Gasteiger partial charge in [0.15, 0.2) is 12.3 Å². The fourth-order valence-electron chi connectivity index (χ4n) is 12.0. The molecule has 564 valence electrons. The smallest absolute Gasteiger partial charge is 0.335 e. The van der Waals surface area contributed by atoms with Crippen LogP contribution in [0.25, 0.3) is 21.5 Å². The fraction of sp³-hybridized carbons (Fsp3) is 0.508. The van der Waals surface area contributed by atoms with Gasteiger partial charge >= 0.3 is 5.97 Å². The van der Waals surface area contributed by atoms with E-state index in [1.807, 2.05) is 4.90 Å². The molecule has 1 saturated heterocycles. The number of rotatable bonds is 46. The van der Waals surface area contributed by atoms with Crippen molar-refractivity contribution in [1.82, 2.24) is 5.06 Å². The second-order valence-corrected chi connectivity index (χ2v) is 30.6. The minimum atomic E-state index is -5.41. The Morgan fingerprint density at radius 2 is 0.971 bits per heavy atom. The standard InChI is InChI=1S/C65H85N3O29S5/c1-64(20-10-42-98(72,73)74)57(66(22-26-87-3)53-15-13-49-51(62(53)64)43-47(99(75,76)77)45-55(49)101(81,82)83)11-8-6-5-7-9-12-58-65(2,21-25-90-31-34-94-37-36-92-29-28-88-4)63-52-44-48(100(78,79)80)46-56(102(84,85)86)50(52)14-16-54(63)67(58)23-27-91-32-35-95-39-41-96-40-38-93-33-30-89-24-19-61(71)97-68-59(69)17-18-60(68)70/h5-9,11-16,43-46H,10,17-42H2,1-4H3,(H4-,72,73,74,75,76,77,78,79,80,81,82,83,84,85,86)/p-4. The monoisotopic (exact) mass is 1530 g/mol. The molecule has 0 aromatic heterocycles. The molecule has 2 amide bonds. The molecular formula is C65H81N3O29S5-4. The van der Waals surface area contributed by atoms with E-state index < -0.39 is 105 Å². The minimum absolute atomic E-state index is 0.0157. The van der Waals surface area contributed by atoms with Gasteiger partial charge in [0, 0.05) is 85.9 Å². The molecule has 4 aromatic rings. The molecule has 4 aromatic carbocycles. The highest BCUT2D eigenvalue weighted by Gasteiger charge is 2.49. The number of nitrogens with zero attached hydrogens (tertiary/aromatic N) is 3. The Kier molecular flexibility index (Phi) is 30.5. The van der Waals surface area contributed by atoms with Crippen LogP contribution in [0.5, 0.6) is 0 Å². The van der Waals surface area contributed by atoms with Crippen molar-refractivity contribution >= 4 is 107 Å². The Balaban J connectivity index is 1.13. The summed E-state index contributed by atoms with van der Waals surface area (Å²) in [6.07, 6.45) is 11.2. The van der Waals surface area contributed by atoms with Gasteiger partial charge in [0.2, 0.25) is 5.69 Å². The van der Waals surface area contributed by atoms with E-state index in [1.165, 1.54) is 25.3 Å². The molecule has 0 aliphatic carbocycles. The quantitative estimate of drug-likeness (QED) is 0.0201. The number of amides is 2. The first-order valence-corrected chi connectivity index (χ1v) is 39.3. The molecule has 3 aliphatic rings. The molecule has 3 heterocycles. The SMILES string of the molecule is COCCOCCOCCOCCC1(C)\C(=C/C=C/C=C/C=C/C2=[N+](CCOC)c3ccc4c(S(=O)(=O)[O-])cc(S(=O)(=O)[O-])cc4c3C2(C)CCCS(=O)(=O)[O-])N(CCOCCOCCOCCOCCOCCC(=O)ON2C(=O)CCC2=O)c2ccc3c(S(=O)(=O)[O-])cc(S(=O)(=O)[O-])cc3c21. The van der Waals surface area contributed by atoms with Crippen molar-refractivity contribution < 1.29 is 136 Å². The highest BCUT2D eigenvalue weighted by atomic mass is 32.2. The molecule has 32 nitrogen and oxygen atoms in total. The van der Waals surface area contributed by atoms with Gasteiger partial charge in [-0.3, -0.25) is 9.59 Å². The average Bonchev–Trinajstić information content (AvgIpc) is 1.61. The maximum absolute atomic E-state index is 12.9. The lowest BCUT2D eigenvalue weighted by Gasteiger charge is -2.31. The van der Waals surface area contributed by atoms with E-state index in [4.69, 9.17) is 52.2 Å². The van der Waals surface area contributed by atoms with Crippen LogP contribution in [0, 0.1) is 0 Å². The molecule has 2 atom stereocenters. The molecule has 2 unspecified atom stereocenters. The van der Waals surface area contributed by atoms with E-state index in [0.29, 0.717) is 65.4 Å². The molecule has 0 spiro atoms. The van der Waals surface area contributed by atoms with Crippen LogP contribution in [-0.4, -0.2) is 250 Å². The summed E-state index contributed by atoms with van der Waals surface area (Å²) in [5.74, 6) is -2.76. The molecule has 0 radical (unpaired) electrons. The Morgan fingerprint density at radius 1 is 0.510 bits per heavy atom. The predicted octanol–water partition coefficient (Wildman–Crippen LogP) is 3.43. The Labute approximate surface area is 592 Å². The summed E-state index contributed by atoms with van der Waals surface area (Å²) in [6, 6.07) is 8.73. The topological polar surface area (TPSA) is 448 Å². The van der Waals surface area contributed by atoms with Crippen LogP contribution in [0.4, 0.5) is 11.4 Å². The van der Waals surface area contributed by atoms with Crippen LogP contribution in [0.1, 0.15) is 63.5 Å². The maximum Gasteiger partial charge on any atom is 0.335 e. The molecule has 0 saturated carbocycles. The molecule has 102 heavy (non-hydrogen) atoms. The Morgan fingerprint density at radius 3 is 1.47 bits per heavy atom. The zero-order valence-corrected chi connectivity index (χ0v) is 60.6. The summed E-state index contributed by atoms with van der Waals surface area (Å²) >= 11 is 0. The number of fused-ring (bicyclic) bond motifs is 6. The largest absolute Gasteiger partial charge is 0.748 e. The molecule has 1 fully saturated rings. The van der Waals surface area contributed by atoms with Crippen LogP contribution in [0.15, 0.2) is 116 Å². The second-order valence-electron chi connectivity index (χ2n) is 23.6. The Hall–Kier alpha value is -6.41. The molecule has 7 rings (SSSR count). The van der Waals surface area contributed by atoms with Gasteiger partial charge in [0.05, 0.1) is 147 Å². The summed E-state index contributed by atoms with van der Waals surface area (Å²) in [7, 11) is -23.4. The molecular weight excluding hydrogens is 1450 g/mol. The third kappa shape index (κ3) is 22.6. The summed E-state index contributed by atoms with van der Waals surface area (Å²) in [6.45, 7) is 6.95.